The zero-order chi connectivity index (χ0) is 26.6. The average molecular weight is 512 g/mol. The van der Waals surface area contributed by atoms with Gasteiger partial charge in [-0.25, -0.2) is 4.98 Å². The van der Waals surface area contributed by atoms with Crippen molar-refractivity contribution in [3.8, 4) is 11.5 Å². The van der Waals surface area contributed by atoms with Gasteiger partial charge in [-0.1, -0.05) is 30.3 Å². The van der Waals surface area contributed by atoms with E-state index in [4.69, 9.17) is 9.47 Å². The van der Waals surface area contributed by atoms with Crippen molar-refractivity contribution in [1.29, 1.82) is 0 Å². The van der Waals surface area contributed by atoms with Gasteiger partial charge < -0.3 is 19.2 Å². The van der Waals surface area contributed by atoms with Crippen LogP contribution in [-0.4, -0.2) is 36.1 Å². The van der Waals surface area contributed by atoms with E-state index in [1.807, 2.05) is 35.6 Å². The molecular formula is C28H28F3N3O3. The molecule has 0 aliphatic rings. The minimum Gasteiger partial charge on any atom is -0.493 e. The topological polar surface area (TPSA) is 64.9 Å². The van der Waals surface area contributed by atoms with E-state index in [0.717, 1.165) is 23.3 Å². The Morgan fingerprint density at radius 1 is 1.05 bits per heavy atom. The highest BCUT2D eigenvalue weighted by Gasteiger charge is 2.32. The van der Waals surface area contributed by atoms with Crippen molar-refractivity contribution >= 4 is 11.6 Å². The van der Waals surface area contributed by atoms with Crippen LogP contribution >= 0.6 is 0 Å². The molecule has 0 aliphatic carbocycles. The molecule has 0 spiro atoms. The van der Waals surface area contributed by atoms with Gasteiger partial charge in [-0.05, 0) is 54.3 Å². The Balaban J connectivity index is 1.56. The fraction of sp³-hybridized carbons (Fsp3) is 0.286. The van der Waals surface area contributed by atoms with Crippen LogP contribution in [0.4, 0.5) is 13.2 Å². The lowest BCUT2D eigenvalue weighted by Gasteiger charge is -2.19. The van der Waals surface area contributed by atoms with Gasteiger partial charge in [-0.15, -0.1) is 0 Å². The van der Waals surface area contributed by atoms with Gasteiger partial charge in [-0.3, -0.25) is 4.79 Å². The molecule has 2 heterocycles. The molecule has 4 rings (SSSR count). The number of nitrogens with one attached hydrogen (secondary N) is 1. The van der Waals surface area contributed by atoms with Crippen LogP contribution in [0.5, 0.6) is 11.5 Å². The van der Waals surface area contributed by atoms with Crippen molar-refractivity contribution in [2.75, 3.05) is 20.8 Å². The molecule has 1 atom stereocenters. The number of aryl methyl sites for hydroxylation is 1. The summed E-state index contributed by atoms with van der Waals surface area (Å²) in [6, 6.07) is 14.4. The molecule has 0 aliphatic heterocycles. The van der Waals surface area contributed by atoms with Crippen LogP contribution in [0.2, 0.25) is 0 Å². The predicted octanol–water partition coefficient (Wildman–Crippen LogP) is 5.56. The molecule has 194 valence electrons. The van der Waals surface area contributed by atoms with Crippen molar-refractivity contribution in [3.63, 3.8) is 0 Å². The van der Waals surface area contributed by atoms with E-state index in [0.29, 0.717) is 41.4 Å². The summed E-state index contributed by atoms with van der Waals surface area (Å²) in [6.45, 7) is 2.27. The van der Waals surface area contributed by atoms with Crippen molar-refractivity contribution in [2.45, 2.75) is 31.9 Å². The minimum absolute atomic E-state index is 0.0328. The SMILES string of the molecule is COc1ccc(CCNC(=O)CC(c2cccc(C(F)(F)F)c2)c2cnc3c(C)cccn23)cc1OC. The van der Waals surface area contributed by atoms with Crippen LogP contribution in [0.15, 0.2) is 67.0 Å². The molecule has 0 radical (unpaired) electrons. The Morgan fingerprint density at radius 2 is 1.84 bits per heavy atom. The number of alkyl halides is 3. The van der Waals surface area contributed by atoms with E-state index in [1.54, 1.807) is 38.7 Å². The number of fused-ring (bicyclic) bond motifs is 1. The number of imidazole rings is 1. The third-order valence-electron chi connectivity index (χ3n) is 6.31. The van der Waals surface area contributed by atoms with E-state index in [9.17, 15) is 18.0 Å². The van der Waals surface area contributed by atoms with Gasteiger partial charge in [0.1, 0.15) is 5.65 Å². The van der Waals surface area contributed by atoms with Crippen LogP contribution in [0, 0.1) is 6.92 Å². The first-order valence-electron chi connectivity index (χ1n) is 11.8. The summed E-state index contributed by atoms with van der Waals surface area (Å²) in [7, 11) is 3.11. The number of halogens is 3. The van der Waals surface area contributed by atoms with E-state index in [1.165, 1.54) is 6.07 Å². The average Bonchev–Trinajstić information content (AvgIpc) is 3.32. The first-order valence-corrected chi connectivity index (χ1v) is 11.8. The van der Waals surface area contributed by atoms with Crippen LogP contribution in [0.3, 0.4) is 0 Å². The fourth-order valence-corrected chi connectivity index (χ4v) is 4.39. The molecule has 6 nitrogen and oxygen atoms in total. The first-order chi connectivity index (χ1) is 17.7. The second kappa shape index (κ2) is 10.9. The first kappa shape index (κ1) is 26.1. The maximum Gasteiger partial charge on any atom is 0.416 e. The summed E-state index contributed by atoms with van der Waals surface area (Å²) in [4.78, 5) is 17.5. The molecule has 2 aromatic heterocycles. The smallest absolute Gasteiger partial charge is 0.416 e. The molecule has 4 aromatic rings. The Labute approximate surface area is 213 Å². The molecule has 0 saturated heterocycles. The van der Waals surface area contributed by atoms with Crippen LogP contribution in [-0.2, 0) is 17.4 Å². The number of carbonyl (C=O) groups excluding carboxylic acids is 1. The molecule has 1 N–H and O–H groups in total. The standard InChI is InChI=1S/C28H28F3N3O3/c1-18-6-5-13-34-23(17-33-27(18)34)22(20-7-4-8-21(15-20)28(29,30)31)16-26(35)32-12-11-19-9-10-24(36-2)25(14-19)37-3/h4-10,13-15,17,22H,11-12,16H2,1-3H3,(H,32,35). The summed E-state index contributed by atoms with van der Waals surface area (Å²) in [5.41, 5.74) is 2.86. The zero-order valence-electron chi connectivity index (χ0n) is 20.8. The van der Waals surface area contributed by atoms with E-state index >= 15 is 0 Å². The Morgan fingerprint density at radius 3 is 2.57 bits per heavy atom. The maximum absolute atomic E-state index is 13.5. The Kier molecular flexibility index (Phi) is 7.71. The number of nitrogens with zero attached hydrogens (tertiary/aromatic N) is 2. The van der Waals surface area contributed by atoms with Crippen LogP contribution in [0.25, 0.3) is 5.65 Å². The van der Waals surface area contributed by atoms with Gasteiger partial charge in [0, 0.05) is 31.3 Å². The van der Waals surface area contributed by atoms with Gasteiger partial charge in [0.05, 0.1) is 25.5 Å². The van der Waals surface area contributed by atoms with E-state index in [-0.39, 0.29) is 12.3 Å². The maximum atomic E-state index is 13.5. The quantitative estimate of drug-likeness (QED) is 0.320. The molecule has 0 bridgehead atoms. The third-order valence-corrected chi connectivity index (χ3v) is 6.31. The zero-order valence-corrected chi connectivity index (χ0v) is 20.8. The number of aromatic nitrogens is 2. The minimum atomic E-state index is -4.49. The van der Waals surface area contributed by atoms with Crippen molar-refractivity contribution in [2.24, 2.45) is 0 Å². The molecule has 1 unspecified atom stereocenters. The van der Waals surface area contributed by atoms with Gasteiger partial charge in [-0.2, -0.15) is 13.2 Å². The number of benzene rings is 2. The summed E-state index contributed by atoms with van der Waals surface area (Å²) in [5, 5.41) is 2.90. The van der Waals surface area contributed by atoms with Crippen molar-refractivity contribution < 1.29 is 27.4 Å². The van der Waals surface area contributed by atoms with Gasteiger partial charge in [0.25, 0.3) is 0 Å². The lowest BCUT2D eigenvalue weighted by molar-refractivity contribution is -0.137. The summed E-state index contributed by atoms with van der Waals surface area (Å²) < 4.78 is 52.8. The highest BCUT2D eigenvalue weighted by molar-refractivity contribution is 5.77. The fourth-order valence-electron chi connectivity index (χ4n) is 4.39. The number of carbonyl (C=O) groups is 1. The van der Waals surface area contributed by atoms with Gasteiger partial charge in [0.15, 0.2) is 11.5 Å². The van der Waals surface area contributed by atoms with Crippen molar-refractivity contribution in [3.05, 3.63) is 94.9 Å². The summed E-state index contributed by atoms with van der Waals surface area (Å²) in [6.07, 6.45) is -0.535. The molecule has 9 heteroatoms. The number of pyridine rings is 1. The van der Waals surface area contributed by atoms with E-state index < -0.39 is 17.7 Å². The number of methoxy groups -OCH3 is 2. The molecule has 0 fully saturated rings. The van der Waals surface area contributed by atoms with E-state index in [2.05, 4.69) is 10.3 Å². The highest BCUT2D eigenvalue weighted by Crippen LogP contribution is 2.35. The summed E-state index contributed by atoms with van der Waals surface area (Å²) in [5.74, 6) is 0.312. The Bertz CT molecular complexity index is 1400. The van der Waals surface area contributed by atoms with Crippen molar-refractivity contribution in [1.82, 2.24) is 14.7 Å². The normalized spacial score (nSPS) is 12.4. The van der Waals surface area contributed by atoms with Gasteiger partial charge in [0.2, 0.25) is 5.91 Å². The predicted molar refractivity (Wildman–Crippen MR) is 134 cm³/mol. The van der Waals surface area contributed by atoms with Crippen LogP contribution in [0.1, 0.15) is 40.3 Å². The molecule has 2 aromatic carbocycles. The number of ether oxygens (including phenoxy) is 2. The monoisotopic (exact) mass is 511 g/mol. The third kappa shape index (κ3) is 5.87. The number of hydrogen-bond acceptors (Lipinski definition) is 4. The molecule has 0 saturated carbocycles. The molecule has 37 heavy (non-hydrogen) atoms. The number of hydrogen-bond donors (Lipinski definition) is 1. The van der Waals surface area contributed by atoms with Gasteiger partial charge >= 0.3 is 6.18 Å². The lowest BCUT2D eigenvalue weighted by Crippen LogP contribution is -2.27. The summed E-state index contributed by atoms with van der Waals surface area (Å²) >= 11 is 0. The Hall–Kier alpha value is -4.01. The number of rotatable bonds is 9. The van der Waals surface area contributed by atoms with Crippen LogP contribution < -0.4 is 14.8 Å². The molecule has 1 amide bonds. The second-order valence-electron chi connectivity index (χ2n) is 8.74. The molecular weight excluding hydrogens is 483 g/mol. The number of amides is 1. The lowest BCUT2D eigenvalue weighted by atomic mass is 9.91. The second-order valence-corrected chi connectivity index (χ2v) is 8.74. The highest BCUT2D eigenvalue weighted by atomic mass is 19.4. The largest absolute Gasteiger partial charge is 0.493 e.